The van der Waals surface area contributed by atoms with Gasteiger partial charge in [0.25, 0.3) is 5.91 Å². The number of rotatable bonds is 5. The standard InChI is InChI=1S/C13H16N2O6/c16-9-5-10(13(19)20)15(6-9)11(17)1-3-14-12(18)8-2-4-21-7-8/h2,4,7,9-10,16H,1,3,5-6H2,(H,14,18)(H,19,20)/t9-,10-/m0/s1. The highest BCUT2D eigenvalue weighted by atomic mass is 16.4. The number of nitrogens with one attached hydrogen (secondary N) is 1. The Balaban J connectivity index is 1.81. The summed E-state index contributed by atoms with van der Waals surface area (Å²) in [6.07, 6.45) is 1.83. The molecule has 1 aliphatic rings. The van der Waals surface area contributed by atoms with Crippen LogP contribution in [0.5, 0.6) is 0 Å². The van der Waals surface area contributed by atoms with Crippen molar-refractivity contribution >= 4 is 17.8 Å². The quantitative estimate of drug-likeness (QED) is 0.670. The van der Waals surface area contributed by atoms with Gasteiger partial charge < -0.3 is 24.8 Å². The molecule has 1 fully saturated rings. The molecule has 2 heterocycles. The minimum Gasteiger partial charge on any atom is -0.480 e. The Morgan fingerprint density at radius 1 is 1.43 bits per heavy atom. The van der Waals surface area contributed by atoms with Crippen molar-refractivity contribution in [3.05, 3.63) is 24.2 Å². The van der Waals surface area contributed by atoms with Crippen LogP contribution >= 0.6 is 0 Å². The Morgan fingerprint density at radius 2 is 2.19 bits per heavy atom. The smallest absolute Gasteiger partial charge is 0.326 e. The minimum atomic E-state index is -1.14. The highest BCUT2D eigenvalue weighted by Crippen LogP contribution is 2.18. The van der Waals surface area contributed by atoms with Crippen molar-refractivity contribution in [2.45, 2.75) is 25.0 Å². The Labute approximate surface area is 120 Å². The molecule has 8 heteroatoms. The summed E-state index contributed by atoms with van der Waals surface area (Å²) in [4.78, 5) is 35.7. The Kier molecular flexibility index (Phi) is 4.59. The van der Waals surface area contributed by atoms with E-state index < -0.39 is 24.0 Å². The average Bonchev–Trinajstić information content (AvgIpc) is 3.07. The number of aliphatic hydroxyl groups excluding tert-OH is 1. The maximum atomic E-state index is 12.0. The molecule has 0 saturated carbocycles. The normalized spacial score (nSPS) is 21.3. The second-order valence-electron chi connectivity index (χ2n) is 4.81. The van der Waals surface area contributed by atoms with Crippen LogP contribution in [0.4, 0.5) is 0 Å². The van der Waals surface area contributed by atoms with Crippen molar-refractivity contribution in [3.8, 4) is 0 Å². The number of β-amino-alcohol motifs (C(OH)–C–C–N with tert-alkyl or cyclic N) is 1. The van der Waals surface area contributed by atoms with Crippen molar-refractivity contribution in [3.63, 3.8) is 0 Å². The third-order valence-corrected chi connectivity index (χ3v) is 3.29. The first kappa shape index (κ1) is 15.0. The number of hydrogen-bond donors (Lipinski definition) is 3. The third kappa shape index (κ3) is 3.60. The highest BCUT2D eigenvalue weighted by molar-refractivity contribution is 5.94. The number of likely N-dealkylation sites (tertiary alicyclic amines) is 1. The molecule has 21 heavy (non-hydrogen) atoms. The molecule has 1 saturated heterocycles. The number of furan rings is 1. The fourth-order valence-corrected chi connectivity index (χ4v) is 2.25. The van der Waals surface area contributed by atoms with E-state index >= 15 is 0 Å². The summed E-state index contributed by atoms with van der Waals surface area (Å²) < 4.78 is 4.77. The molecule has 8 nitrogen and oxygen atoms in total. The zero-order chi connectivity index (χ0) is 15.4. The van der Waals surface area contributed by atoms with Gasteiger partial charge in [-0.25, -0.2) is 4.79 Å². The first-order valence-electron chi connectivity index (χ1n) is 6.49. The number of aliphatic carboxylic acids is 1. The number of aliphatic hydroxyl groups is 1. The van der Waals surface area contributed by atoms with Crippen LogP contribution in [0.25, 0.3) is 0 Å². The van der Waals surface area contributed by atoms with Crippen LogP contribution in [-0.2, 0) is 9.59 Å². The summed E-state index contributed by atoms with van der Waals surface area (Å²) in [5.74, 6) is -1.92. The lowest BCUT2D eigenvalue weighted by molar-refractivity contribution is -0.148. The maximum Gasteiger partial charge on any atom is 0.326 e. The molecule has 0 radical (unpaired) electrons. The lowest BCUT2D eigenvalue weighted by Gasteiger charge is -2.21. The van der Waals surface area contributed by atoms with Crippen molar-refractivity contribution in [2.75, 3.05) is 13.1 Å². The van der Waals surface area contributed by atoms with Crippen LogP contribution in [0.2, 0.25) is 0 Å². The van der Waals surface area contributed by atoms with E-state index in [2.05, 4.69) is 5.32 Å². The molecule has 0 bridgehead atoms. The van der Waals surface area contributed by atoms with Crippen LogP contribution in [-0.4, -0.2) is 58.1 Å². The topological polar surface area (TPSA) is 120 Å². The van der Waals surface area contributed by atoms with E-state index in [-0.39, 0.29) is 31.8 Å². The van der Waals surface area contributed by atoms with E-state index in [4.69, 9.17) is 9.52 Å². The monoisotopic (exact) mass is 296 g/mol. The number of carboxylic acids is 1. The number of hydrogen-bond acceptors (Lipinski definition) is 5. The van der Waals surface area contributed by atoms with Crippen LogP contribution in [0, 0.1) is 0 Å². The second kappa shape index (κ2) is 6.40. The molecule has 0 aliphatic carbocycles. The molecule has 1 aromatic rings. The van der Waals surface area contributed by atoms with Gasteiger partial charge in [-0.3, -0.25) is 9.59 Å². The minimum absolute atomic E-state index is 0.00543. The van der Waals surface area contributed by atoms with E-state index in [1.165, 1.54) is 18.6 Å². The molecule has 114 valence electrons. The molecule has 3 N–H and O–H groups in total. The summed E-state index contributed by atoms with van der Waals surface area (Å²) in [5.41, 5.74) is 0.349. The van der Waals surface area contributed by atoms with Crippen molar-refractivity contribution in [1.29, 1.82) is 0 Å². The first-order chi connectivity index (χ1) is 9.99. The molecular formula is C13H16N2O6. The van der Waals surface area contributed by atoms with Crippen molar-refractivity contribution in [1.82, 2.24) is 10.2 Å². The molecule has 0 aromatic carbocycles. The van der Waals surface area contributed by atoms with Crippen LogP contribution < -0.4 is 5.32 Å². The maximum absolute atomic E-state index is 12.0. The third-order valence-electron chi connectivity index (χ3n) is 3.29. The van der Waals surface area contributed by atoms with Gasteiger partial charge in [0, 0.05) is 25.9 Å². The number of carbonyl (C=O) groups is 3. The van der Waals surface area contributed by atoms with Crippen LogP contribution in [0.15, 0.2) is 23.0 Å². The lowest BCUT2D eigenvalue weighted by Crippen LogP contribution is -2.41. The molecule has 2 atom stereocenters. The van der Waals surface area contributed by atoms with Gasteiger partial charge in [0.15, 0.2) is 0 Å². The van der Waals surface area contributed by atoms with E-state index in [1.54, 1.807) is 0 Å². The zero-order valence-corrected chi connectivity index (χ0v) is 11.2. The Hall–Kier alpha value is -2.35. The van der Waals surface area contributed by atoms with Crippen molar-refractivity contribution in [2.24, 2.45) is 0 Å². The van der Waals surface area contributed by atoms with Gasteiger partial charge >= 0.3 is 5.97 Å². The Morgan fingerprint density at radius 3 is 2.81 bits per heavy atom. The molecule has 2 rings (SSSR count). The molecule has 1 aliphatic heterocycles. The summed E-state index contributed by atoms with van der Waals surface area (Å²) in [7, 11) is 0. The molecule has 1 aromatic heterocycles. The predicted octanol–water partition coefficient (Wildman–Crippen LogP) is -0.554. The van der Waals surface area contributed by atoms with E-state index in [1.807, 2.05) is 0 Å². The van der Waals surface area contributed by atoms with Crippen molar-refractivity contribution < 1.29 is 29.0 Å². The van der Waals surface area contributed by atoms with Gasteiger partial charge in [-0.2, -0.15) is 0 Å². The number of carbonyl (C=O) groups excluding carboxylic acids is 2. The molecule has 2 amide bonds. The zero-order valence-electron chi connectivity index (χ0n) is 11.2. The summed E-state index contributed by atoms with van der Waals surface area (Å²) in [6.45, 7) is 0.0905. The van der Waals surface area contributed by atoms with Gasteiger partial charge in [-0.05, 0) is 6.07 Å². The number of amides is 2. The SMILES string of the molecule is O=C(NCCC(=O)N1C[C@@H](O)C[C@H]1C(=O)O)c1ccoc1. The van der Waals surface area contributed by atoms with Gasteiger partial charge in [0.1, 0.15) is 12.3 Å². The van der Waals surface area contributed by atoms with Gasteiger partial charge in [0.2, 0.25) is 5.91 Å². The highest BCUT2D eigenvalue weighted by Gasteiger charge is 2.38. The van der Waals surface area contributed by atoms with E-state index in [0.717, 1.165) is 4.90 Å². The molecular weight excluding hydrogens is 280 g/mol. The van der Waals surface area contributed by atoms with E-state index in [9.17, 15) is 19.5 Å². The van der Waals surface area contributed by atoms with Crippen LogP contribution in [0.1, 0.15) is 23.2 Å². The van der Waals surface area contributed by atoms with Gasteiger partial charge in [-0.1, -0.05) is 0 Å². The Bertz CT molecular complexity index is 527. The summed E-state index contributed by atoms with van der Waals surface area (Å²) in [6, 6.07) is 0.492. The summed E-state index contributed by atoms with van der Waals surface area (Å²) >= 11 is 0. The van der Waals surface area contributed by atoms with Gasteiger partial charge in [-0.15, -0.1) is 0 Å². The number of carboxylic acid groups (broad SMARTS) is 1. The van der Waals surface area contributed by atoms with E-state index in [0.29, 0.717) is 5.56 Å². The summed E-state index contributed by atoms with van der Waals surface area (Å²) in [5, 5.41) is 21.0. The van der Waals surface area contributed by atoms with Crippen LogP contribution in [0.3, 0.4) is 0 Å². The molecule has 0 spiro atoms. The largest absolute Gasteiger partial charge is 0.480 e. The predicted molar refractivity (Wildman–Crippen MR) is 69.4 cm³/mol. The first-order valence-corrected chi connectivity index (χ1v) is 6.49. The van der Waals surface area contributed by atoms with Gasteiger partial charge in [0.05, 0.1) is 17.9 Å². The average molecular weight is 296 g/mol. The lowest BCUT2D eigenvalue weighted by atomic mass is 10.2. The molecule has 0 unspecified atom stereocenters. The fourth-order valence-electron chi connectivity index (χ4n) is 2.25. The number of nitrogens with zero attached hydrogens (tertiary/aromatic N) is 1. The fraction of sp³-hybridized carbons (Fsp3) is 0.462. The second-order valence-corrected chi connectivity index (χ2v) is 4.81.